The minimum Gasteiger partial charge on any atom is -0.373 e. The molecule has 1 aliphatic heterocycles. The molecule has 2 heterocycles. The van der Waals surface area contributed by atoms with Gasteiger partial charge < -0.3 is 10.1 Å². The zero-order valence-electron chi connectivity index (χ0n) is 15.1. The van der Waals surface area contributed by atoms with Crippen LogP contribution in [0.15, 0.2) is 36.4 Å². The predicted octanol–water partition coefficient (Wildman–Crippen LogP) is 2.02. The van der Waals surface area contributed by atoms with E-state index in [1.165, 1.54) is 0 Å². The highest BCUT2D eigenvalue weighted by molar-refractivity contribution is 5.92. The van der Waals surface area contributed by atoms with Crippen LogP contribution < -0.4 is 5.32 Å². The summed E-state index contributed by atoms with van der Waals surface area (Å²) >= 11 is 0. The van der Waals surface area contributed by atoms with Crippen molar-refractivity contribution in [3.05, 3.63) is 47.8 Å². The molecule has 1 aromatic carbocycles. The van der Waals surface area contributed by atoms with Crippen LogP contribution >= 0.6 is 0 Å². The molecule has 0 aliphatic carbocycles. The molecule has 1 amide bonds. The minimum atomic E-state index is -0.132. The molecule has 0 saturated carbocycles. The first kappa shape index (κ1) is 17.6. The lowest BCUT2D eigenvalue weighted by molar-refractivity contribution is -0.0672. The van der Waals surface area contributed by atoms with Crippen LogP contribution in [-0.2, 0) is 4.74 Å². The van der Waals surface area contributed by atoms with Gasteiger partial charge in [0.2, 0.25) is 0 Å². The third-order valence-electron chi connectivity index (χ3n) is 4.33. The quantitative estimate of drug-likeness (QED) is 0.903. The fourth-order valence-corrected chi connectivity index (χ4v) is 3.30. The zero-order valence-corrected chi connectivity index (χ0v) is 15.1. The summed E-state index contributed by atoms with van der Waals surface area (Å²) in [6, 6.07) is 11.6. The summed E-state index contributed by atoms with van der Waals surface area (Å²) in [6.07, 6.45) is 0.479. The first-order valence-corrected chi connectivity index (χ1v) is 8.81. The molecular weight excluding hydrogens is 316 g/mol. The number of aryl methyl sites for hydroxylation is 1. The lowest BCUT2D eigenvalue weighted by Gasteiger charge is -2.35. The Labute approximate surface area is 148 Å². The van der Waals surface area contributed by atoms with Crippen LogP contribution in [0.4, 0.5) is 0 Å². The van der Waals surface area contributed by atoms with Gasteiger partial charge in [-0.2, -0.15) is 5.10 Å². The summed E-state index contributed by atoms with van der Waals surface area (Å²) < 4.78 is 7.52. The number of nitrogens with zero attached hydrogens (tertiary/aromatic N) is 3. The topological polar surface area (TPSA) is 59.4 Å². The van der Waals surface area contributed by atoms with Gasteiger partial charge in [-0.1, -0.05) is 18.2 Å². The number of amides is 1. The fourth-order valence-electron chi connectivity index (χ4n) is 3.30. The van der Waals surface area contributed by atoms with Crippen LogP contribution in [0.5, 0.6) is 0 Å². The van der Waals surface area contributed by atoms with Gasteiger partial charge >= 0.3 is 0 Å². The Morgan fingerprint density at radius 3 is 2.60 bits per heavy atom. The molecule has 0 unspecified atom stereocenters. The van der Waals surface area contributed by atoms with Crippen molar-refractivity contribution in [2.75, 3.05) is 26.2 Å². The maximum atomic E-state index is 12.4. The first-order chi connectivity index (χ1) is 12.0. The molecule has 0 radical (unpaired) electrons. The number of carbonyl (C=O) groups excluding carboxylic acids is 1. The van der Waals surface area contributed by atoms with Crippen LogP contribution in [0.25, 0.3) is 5.69 Å². The number of carbonyl (C=O) groups is 1. The lowest BCUT2D eigenvalue weighted by Crippen LogP contribution is -2.47. The van der Waals surface area contributed by atoms with Gasteiger partial charge in [-0.25, -0.2) is 4.68 Å². The standard InChI is InChI=1S/C19H26N4O2/c1-14-11-18(21-23(14)17-7-5-4-6-8-17)19(24)20-9-10-22-12-15(2)25-16(3)13-22/h4-8,11,15-16H,9-10,12-13H2,1-3H3,(H,20,24)/t15-,16+. The number of hydrogen-bond donors (Lipinski definition) is 1. The molecule has 0 bridgehead atoms. The van der Waals surface area contributed by atoms with Crippen LogP contribution in [0.2, 0.25) is 0 Å². The summed E-state index contributed by atoms with van der Waals surface area (Å²) in [7, 11) is 0. The molecular formula is C19H26N4O2. The van der Waals surface area contributed by atoms with Crippen molar-refractivity contribution in [2.24, 2.45) is 0 Å². The maximum Gasteiger partial charge on any atom is 0.271 e. The molecule has 6 nitrogen and oxygen atoms in total. The highest BCUT2D eigenvalue weighted by Gasteiger charge is 2.22. The summed E-state index contributed by atoms with van der Waals surface area (Å²) in [5.74, 6) is -0.132. The van der Waals surface area contributed by atoms with E-state index in [4.69, 9.17) is 4.74 Å². The summed E-state index contributed by atoms with van der Waals surface area (Å²) in [6.45, 7) is 9.36. The van der Waals surface area contributed by atoms with Gasteiger partial charge in [0.05, 0.1) is 17.9 Å². The van der Waals surface area contributed by atoms with Crippen molar-refractivity contribution in [1.29, 1.82) is 0 Å². The Kier molecular flexibility index (Phi) is 5.50. The second kappa shape index (κ2) is 7.80. The van der Waals surface area contributed by atoms with Crippen molar-refractivity contribution in [2.45, 2.75) is 33.0 Å². The number of morpholine rings is 1. The van der Waals surface area contributed by atoms with Gasteiger partial charge in [-0.3, -0.25) is 9.69 Å². The maximum absolute atomic E-state index is 12.4. The number of ether oxygens (including phenoxy) is 1. The fraction of sp³-hybridized carbons (Fsp3) is 0.474. The normalized spacial score (nSPS) is 21.2. The second-order valence-electron chi connectivity index (χ2n) is 6.69. The van der Waals surface area contributed by atoms with Crippen LogP contribution in [-0.4, -0.2) is 59.0 Å². The number of benzene rings is 1. The predicted molar refractivity (Wildman–Crippen MR) is 97.1 cm³/mol. The number of aromatic nitrogens is 2. The highest BCUT2D eigenvalue weighted by atomic mass is 16.5. The molecule has 1 N–H and O–H groups in total. The SMILES string of the molecule is Cc1cc(C(=O)NCCN2C[C@@H](C)O[C@@H](C)C2)nn1-c1ccccc1. The van der Waals surface area contributed by atoms with Crippen molar-refractivity contribution in [1.82, 2.24) is 20.0 Å². The van der Waals surface area contributed by atoms with Gasteiger partial charge in [0.25, 0.3) is 5.91 Å². The Morgan fingerprint density at radius 2 is 1.92 bits per heavy atom. The molecule has 25 heavy (non-hydrogen) atoms. The van der Waals surface area contributed by atoms with Gasteiger partial charge in [-0.15, -0.1) is 0 Å². The molecule has 1 aliphatic rings. The van der Waals surface area contributed by atoms with E-state index in [9.17, 15) is 4.79 Å². The largest absolute Gasteiger partial charge is 0.373 e. The molecule has 1 saturated heterocycles. The number of para-hydroxylation sites is 1. The molecule has 3 rings (SSSR count). The first-order valence-electron chi connectivity index (χ1n) is 8.81. The second-order valence-corrected chi connectivity index (χ2v) is 6.69. The number of rotatable bonds is 5. The van der Waals surface area contributed by atoms with E-state index in [1.54, 1.807) is 4.68 Å². The van der Waals surface area contributed by atoms with Gasteiger partial charge in [0.1, 0.15) is 0 Å². The van der Waals surface area contributed by atoms with Gasteiger partial charge in [0.15, 0.2) is 5.69 Å². The minimum absolute atomic E-state index is 0.132. The van der Waals surface area contributed by atoms with E-state index in [2.05, 4.69) is 29.2 Å². The van der Waals surface area contributed by atoms with Crippen molar-refractivity contribution < 1.29 is 9.53 Å². The van der Waals surface area contributed by atoms with E-state index in [1.807, 2.05) is 43.3 Å². The van der Waals surface area contributed by atoms with E-state index >= 15 is 0 Å². The van der Waals surface area contributed by atoms with Crippen LogP contribution in [0.1, 0.15) is 30.0 Å². The van der Waals surface area contributed by atoms with Crippen molar-refractivity contribution in [3.63, 3.8) is 0 Å². The molecule has 134 valence electrons. The average Bonchev–Trinajstić information content (AvgIpc) is 2.97. The third-order valence-corrected chi connectivity index (χ3v) is 4.33. The van der Waals surface area contributed by atoms with E-state index in [0.29, 0.717) is 12.2 Å². The Balaban J connectivity index is 1.55. The molecule has 6 heteroatoms. The van der Waals surface area contributed by atoms with Gasteiger partial charge in [-0.05, 0) is 39.0 Å². The average molecular weight is 342 g/mol. The molecule has 2 atom stereocenters. The number of nitrogens with one attached hydrogen (secondary N) is 1. The van der Waals surface area contributed by atoms with Crippen LogP contribution in [0, 0.1) is 6.92 Å². The lowest BCUT2D eigenvalue weighted by atomic mass is 10.2. The summed E-state index contributed by atoms with van der Waals surface area (Å²) in [4.78, 5) is 14.7. The molecule has 0 spiro atoms. The van der Waals surface area contributed by atoms with E-state index < -0.39 is 0 Å². The van der Waals surface area contributed by atoms with E-state index in [-0.39, 0.29) is 18.1 Å². The Morgan fingerprint density at radius 1 is 1.24 bits per heavy atom. The summed E-state index contributed by atoms with van der Waals surface area (Å²) in [5, 5.41) is 7.41. The third kappa shape index (κ3) is 4.46. The zero-order chi connectivity index (χ0) is 17.8. The highest BCUT2D eigenvalue weighted by Crippen LogP contribution is 2.12. The molecule has 1 fully saturated rings. The van der Waals surface area contributed by atoms with Crippen molar-refractivity contribution in [3.8, 4) is 5.69 Å². The van der Waals surface area contributed by atoms with Gasteiger partial charge in [0, 0.05) is 31.9 Å². The smallest absolute Gasteiger partial charge is 0.271 e. The Hall–Kier alpha value is -2.18. The van der Waals surface area contributed by atoms with E-state index in [0.717, 1.165) is 31.0 Å². The Bertz CT molecular complexity index is 703. The monoisotopic (exact) mass is 342 g/mol. The molecule has 1 aromatic heterocycles. The van der Waals surface area contributed by atoms with Crippen LogP contribution in [0.3, 0.4) is 0 Å². The molecule has 2 aromatic rings. The van der Waals surface area contributed by atoms with Crippen molar-refractivity contribution >= 4 is 5.91 Å². The summed E-state index contributed by atoms with van der Waals surface area (Å²) in [5.41, 5.74) is 2.34. The number of hydrogen-bond acceptors (Lipinski definition) is 4.